The number of hydrogen-bond donors (Lipinski definition) is 2. The van der Waals surface area contributed by atoms with Gasteiger partial charge in [0.2, 0.25) is 0 Å². The number of thiol groups is 1. The molecule has 0 spiro atoms. The van der Waals surface area contributed by atoms with Gasteiger partial charge >= 0.3 is 11.9 Å². The van der Waals surface area contributed by atoms with E-state index in [1.807, 2.05) is 4.90 Å². The van der Waals surface area contributed by atoms with Crippen LogP contribution in [-0.2, 0) is 20.9 Å². The van der Waals surface area contributed by atoms with Crippen LogP contribution < -0.4 is 0 Å². The van der Waals surface area contributed by atoms with Crippen molar-refractivity contribution in [2.45, 2.75) is 37.1 Å². The van der Waals surface area contributed by atoms with Gasteiger partial charge in [0, 0.05) is 30.3 Å². The fourth-order valence-corrected chi connectivity index (χ4v) is 3.75. The highest BCUT2D eigenvalue weighted by Gasteiger charge is 2.34. The van der Waals surface area contributed by atoms with Crippen LogP contribution in [0.25, 0.3) is 6.08 Å². The summed E-state index contributed by atoms with van der Waals surface area (Å²) in [6.07, 6.45) is 2.81. The second-order valence-corrected chi connectivity index (χ2v) is 7.81. The van der Waals surface area contributed by atoms with Gasteiger partial charge in [0.15, 0.2) is 5.82 Å². The average Bonchev–Trinajstić information content (AvgIpc) is 3.18. The first-order chi connectivity index (χ1) is 14.9. The molecule has 1 aliphatic heterocycles. The van der Waals surface area contributed by atoms with Crippen LogP contribution in [0.3, 0.4) is 0 Å². The fraction of sp³-hybridized carbons (Fsp3) is 0.450. The van der Waals surface area contributed by atoms with E-state index in [2.05, 4.69) is 28.0 Å². The van der Waals surface area contributed by atoms with Crippen molar-refractivity contribution in [3.8, 4) is 0 Å². The van der Waals surface area contributed by atoms with E-state index >= 15 is 0 Å². The summed E-state index contributed by atoms with van der Waals surface area (Å²) in [7, 11) is 1.28. The number of aromatic nitrogens is 4. The molecule has 3 rings (SSSR count). The molecular weight excluding hydrogens is 425 g/mol. The van der Waals surface area contributed by atoms with Crippen molar-refractivity contribution in [3.05, 3.63) is 47.0 Å². The second-order valence-electron chi connectivity index (χ2n) is 7.18. The third-order valence-electron chi connectivity index (χ3n) is 5.02. The highest BCUT2D eigenvalue weighted by Crippen LogP contribution is 2.31. The normalized spacial score (nSPS) is 19.3. The maximum Gasteiger partial charge on any atom is 0.327 e. The molecule has 1 fully saturated rings. The summed E-state index contributed by atoms with van der Waals surface area (Å²) in [4.78, 5) is 26.3. The van der Waals surface area contributed by atoms with E-state index in [-0.39, 0.29) is 17.2 Å². The maximum absolute atomic E-state index is 14.4. The molecule has 9 nitrogen and oxygen atoms in total. The largest absolute Gasteiger partial charge is 0.481 e. The number of benzene rings is 1. The SMILES string of the molecule is COC(=O)C(c1ccccc1F)N1CCC(S)/C(=C/c2nnn(CCCC(=O)O)n2)C1. The van der Waals surface area contributed by atoms with Gasteiger partial charge in [0.1, 0.15) is 11.9 Å². The zero-order chi connectivity index (χ0) is 22.4. The number of esters is 1. The van der Waals surface area contributed by atoms with E-state index in [1.54, 1.807) is 24.3 Å². The minimum Gasteiger partial charge on any atom is -0.481 e. The van der Waals surface area contributed by atoms with Crippen molar-refractivity contribution in [1.29, 1.82) is 0 Å². The molecule has 1 N–H and O–H groups in total. The number of nitrogens with zero attached hydrogens (tertiary/aromatic N) is 5. The van der Waals surface area contributed by atoms with Crippen molar-refractivity contribution < 1.29 is 23.8 Å². The number of carboxylic acid groups (broad SMARTS) is 1. The first-order valence-electron chi connectivity index (χ1n) is 9.83. The van der Waals surface area contributed by atoms with Crippen molar-refractivity contribution in [2.75, 3.05) is 20.2 Å². The summed E-state index contributed by atoms with van der Waals surface area (Å²) >= 11 is 4.63. The average molecular weight is 450 g/mol. The Hall–Kier alpha value is -2.79. The van der Waals surface area contributed by atoms with E-state index in [4.69, 9.17) is 9.84 Å². The number of tetrazole rings is 1. The number of hydrogen-bond acceptors (Lipinski definition) is 8. The molecule has 31 heavy (non-hydrogen) atoms. The number of likely N-dealkylation sites (tertiary alicyclic amines) is 1. The van der Waals surface area contributed by atoms with Gasteiger partial charge in [-0.1, -0.05) is 18.2 Å². The molecule has 2 atom stereocenters. The summed E-state index contributed by atoms with van der Waals surface area (Å²) in [5.74, 6) is -1.52. The van der Waals surface area contributed by atoms with E-state index in [9.17, 15) is 14.0 Å². The van der Waals surface area contributed by atoms with Crippen LogP contribution in [0, 0.1) is 5.82 Å². The molecule has 1 aromatic carbocycles. The Morgan fingerprint density at radius 3 is 2.90 bits per heavy atom. The van der Waals surface area contributed by atoms with Gasteiger partial charge in [-0.05, 0) is 35.8 Å². The smallest absolute Gasteiger partial charge is 0.327 e. The molecule has 1 saturated heterocycles. The zero-order valence-electron chi connectivity index (χ0n) is 17.0. The van der Waals surface area contributed by atoms with Gasteiger partial charge in [0.05, 0.1) is 13.7 Å². The zero-order valence-corrected chi connectivity index (χ0v) is 17.9. The monoisotopic (exact) mass is 449 g/mol. The first kappa shape index (κ1) is 22.9. The molecule has 1 aromatic heterocycles. The number of methoxy groups -OCH3 is 1. The Morgan fingerprint density at radius 1 is 1.42 bits per heavy atom. The highest BCUT2D eigenvalue weighted by molar-refractivity contribution is 7.81. The Bertz CT molecular complexity index is 967. The number of carbonyl (C=O) groups excluding carboxylic acids is 1. The minimum atomic E-state index is -0.880. The lowest BCUT2D eigenvalue weighted by atomic mass is 9.98. The number of aliphatic carboxylic acids is 1. The van der Waals surface area contributed by atoms with Gasteiger partial charge in [-0.15, -0.1) is 10.2 Å². The van der Waals surface area contributed by atoms with Crippen LogP contribution in [-0.4, -0.2) is 67.6 Å². The molecule has 0 amide bonds. The van der Waals surface area contributed by atoms with Crippen LogP contribution in [0.4, 0.5) is 4.39 Å². The summed E-state index contributed by atoms with van der Waals surface area (Å²) in [6, 6.07) is 5.28. The number of aryl methyl sites for hydroxylation is 1. The molecule has 0 saturated carbocycles. The van der Waals surface area contributed by atoms with E-state index in [0.717, 1.165) is 5.57 Å². The highest BCUT2D eigenvalue weighted by atomic mass is 32.1. The summed E-state index contributed by atoms with van der Waals surface area (Å²) < 4.78 is 19.4. The van der Waals surface area contributed by atoms with Crippen LogP contribution in [0.1, 0.15) is 36.7 Å². The first-order valence-corrected chi connectivity index (χ1v) is 10.3. The lowest BCUT2D eigenvalue weighted by molar-refractivity contribution is -0.147. The van der Waals surface area contributed by atoms with Crippen LogP contribution in [0.2, 0.25) is 0 Å². The van der Waals surface area contributed by atoms with Gasteiger partial charge in [0.25, 0.3) is 0 Å². The number of carbonyl (C=O) groups is 2. The Morgan fingerprint density at radius 2 is 2.19 bits per heavy atom. The van der Waals surface area contributed by atoms with Gasteiger partial charge in [-0.25, -0.2) is 9.18 Å². The topological polar surface area (TPSA) is 110 Å². The molecule has 2 heterocycles. The molecule has 2 unspecified atom stereocenters. The predicted molar refractivity (Wildman–Crippen MR) is 113 cm³/mol. The molecule has 2 aromatic rings. The third-order valence-corrected chi connectivity index (χ3v) is 5.61. The van der Waals surface area contributed by atoms with Crippen molar-refractivity contribution in [2.24, 2.45) is 0 Å². The molecule has 11 heteroatoms. The van der Waals surface area contributed by atoms with Crippen LogP contribution >= 0.6 is 12.6 Å². The maximum atomic E-state index is 14.4. The van der Waals surface area contributed by atoms with Gasteiger partial charge < -0.3 is 9.84 Å². The lowest BCUT2D eigenvalue weighted by Crippen LogP contribution is -2.42. The van der Waals surface area contributed by atoms with Gasteiger partial charge in [-0.3, -0.25) is 9.69 Å². The number of ether oxygens (including phenoxy) is 1. The minimum absolute atomic E-state index is 0.0244. The molecule has 166 valence electrons. The quantitative estimate of drug-likeness (QED) is 0.465. The summed E-state index contributed by atoms with van der Waals surface area (Å²) in [6.45, 7) is 1.24. The molecule has 1 aliphatic rings. The fourth-order valence-electron chi connectivity index (χ4n) is 3.48. The predicted octanol–water partition coefficient (Wildman–Crippen LogP) is 1.98. The molecule has 0 bridgehead atoms. The summed E-state index contributed by atoms with van der Waals surface area (Å²) in [5, 5.41) is 20.8. The summed E-state index contributed by atoms with van der Waals surface area (Å²) in [5.41, 5.74) is 1.12. The number of halogens is 1. The van der Waals surface area contributed by atoms with Crippen molar-refractivity contribution in [3.63, 3.8) is 0 Å². The molecule has 0 aliphatic carbocycles. The van der Waals surface area contributed by atoms with Crippen LogP contribution in [0.5, 0.6) is 0 Å². The molecular formula is C20H24FN5O4S. The van der Waals surface area contributed by atoms with E-state index in [0.29, 0.717) is 38.3 Å². The Balaban J connectivity index is 1.78. The van der Waals surface area contributed by atoms with E-state index in [1.165, 1.54) is 18.0 Å². The van der Waals surface area contributed by atoms with Gasteiger partial charge in [-0.2, -0.15) is 17.4 Å². The van der Waals surface area contributed by atoms with Crippen LogP contribution in [0.15, 0.2) is 29.8 Å². The number of piperidine rings is 1. The third kappa shape index (κ3) is 5.88. The number of rotatable bonds is 8. The second kappa shape index (κ2) is 10.5. The Kier molecular flexibility index (Phi) is 7.75. The lowest BCUT2D eigenvalue weighted by Gasteiger charge is -2.36. The standard InChI is InChI=1S/C20H24FN5O4S/c1-30-20(29)19(14-5-2-3-6-15(14)21)25-10-8-16(31)13(12-25)11-17-22-24-26(23-17)9-4-7-18(27)28/h2-3,5-6,11,16,19,31H,4,7-10,12H2,1H3,(H,27,28)/b13-11+. The molecule has 0 radical (unpaired) electrons. The Labute approximate surface area is 184 Å². The van der Waals surface area contributed by atoms with Crippen molar-refractivity contribution in [1.82, 2.24) is 25.1 Å². The van der Waals surface area contributed by atoms with E-state index < -0.39 is 23.8 Å². The van der Waals surface area contributed by atoms with Crippen molar-refractivity contribution >= 4 is 30.6 Å². The number of carboxylic acids is 1.